The van der Waals surface area contributed by atoms with Crippen LogP contribution in [0.25, 0.3) is 0 Å². The lowest BCUT2D eigenvalue weighted by molar-refractivity contribution is -0.121. The standard InChI is InChI=1S/C10H25NO15P4/c12-8(11-7-6-10(14,29(21,22)23)30(24,25)26)4-2-1-3-5-9(13,27(15,16)17)28(18,19)20/h13-14H,1-7H2,(H,11,12)(H2,15,16,17)(H2,18,19,20)(H2,21,22,23)(H2,24,25,26). The van der Waals surface area contributed by atoms with E-state index in [9.17, 15) is 33.3 Å². The van der Waals surface area contributed by atoms with Crippen molar-refractivity contribution in [3.05, 3.63) is 0 Å². The van der Waals surface area contributed by atoms with E-state index in [0.29, 0.717) is 0 Å². The molecule has 16 nitrogen and oxygen atoms in total. The Morgan fingerprint density at radius 1 is 0.633 bits per heavy atom. The molecule has 0 rings (SSSR count). The molecular formula is C10H25NO15P4. The van der Waals surface area contributed by atoms with Crippen molar-refractivity contribution >= 4 is 36.3 Å². The van der Waals surface area contributed by atoms with E-state index in [1.807, 2.05) is 0 Å². The molecule has 0 radical (unpaired) electrons. The monoisotopic (exact) mass is 523 g/mol. The lowest BCUT2D eigenvalue weighted by atomic mass is 10.1. The molecule has 0 aromatic heterocycles. The molecule has 0 fully saturated rings. The third kappa shape index (κ3) is 7.54. The van der Waals surface area contributed by atoms with Crippen LogP contribution in [-0.4, -0.2) is 72.0 Å². The first-order valence-corrected chi connectivity index (χ1v) is 14.5. The average molecular weight is 523 g/mol. The molecule has 0 saturated heterocycles. The third-order valence-corrected chi connectivity index (χ3v) is 11.8. The second kappa shape index (κ2) is 10.3. The molecule has 1 amide bonds. The molecule has 0 aromatic carbocycles. The van der Waals surface area contributed by atoms with Gasteiger partial charge in [-0.1, -0.05) is 6.42 Å². The SMILES string of the molecule is O=C(CCCCCC(O)(P(=O)(O)O)P(=O)(O)O)NCCC(O)(P(=O)(O)O)P(=O)(O)O. The summed E-state index contributed by atoms with van der Waals surface area (Å²) in [6.07, 6.45) is -2.69. The number of nitrogens with one attached hydrogen (secondary N) is 1. The molecule has 0 heterocycles. The Morgan fingerprint density at radius 3 is 1.37 bits per heavy atom. The van der Waals surface area contributed by atoms with Crippen molar-refractivity contribution in [1.29, 1.82) is 0 Å². The van der Waals surface area contributed by atoms with Crippen LogP contribution < -0.4 is 5.32 Å². The summed E-state index contributed by atoms with van der Waals surface area (Å²) < 4.78 is 44.6. The summed E-state index contributed by atoms with van der Waals surface area (Å²) in [6.45, 7) is -0.707. The minimum atomic E-state index is -5.65. The Labute approximate surface area is 170 Å². The van der Waals surface area contributed by atoms with Gasteiger partial charge in [0.05, 0.1) is 0 Å². The van der Waals surface area contributed by atoms with Gasteiger partial charge < -0.3 is 54.7 Å². The quantitative estimate of drug-likeness (QED) is 0.0961. The summed E-state index contributed by atoms with van der Waals surface area (Å²) in [5.74, 6) is -0.769. The van der Waals surface area contributed by atoms with Gasteiger partial charge in [0.25, 0.3) is 10.2 Å². The highest BCUT2D eigenvalue weighted by Gasteiger charge is 2.59. The van der Waals surface area contributed by atoms with E-state index in [0.717, 1.165) is 0 Å². The molecule has 0 aliphatic heterocycles. The van der Waals surface area contributed by atoms with Gasteiger partial charge >= 0.3 is 30.4 Å². The lowest BCUT2D eigenvalue weighted by Gasteiger charge is -2.29. The molecule has 0 aliphatic rings. The highest BCUT2D eigenvalue weighted by Crippen LogP contribution is 2.70. The van der Waals surface area contributed by atoms with E-state index < -0.39 is 65.8 Å². The zero-order valence-corrected chi connectivity index (χ0v) is 18.8. The molecule has 0 unspecified atom stereocenters. The Kier molecular flexibility index (Phi) is 10.3. The number of aliphatic hydroxyl groups is 2. The van der Waals surface area contributed by atoms with Crippen LogP contribution in [0, 0.1) is 0 Å². The van der Waals surface area contributed by atoms with Crippen molar-refractivity contribution in [2.24, 2.45) is 0 Å². The number of hydrogen-bond donors (Lipinski definition) is 11. The summed E-state index contributed by atoms with van der Waals surface area (Å²) in [6, 6.07) is 0. The number of carbonyl (C=O) groups excluding carboxylic acids is 1. The zero-order valence-electron chi connectivity index (χ0n) is 15.3. The fraction of sp³-hybridized carbons (Fsp3) is 0.900. The molecule has 0 saturated carbocycles. The molecule has 0 atom stereocenters. The molecule has 180 valence electrons. The van der Waals surface area contributed by atoms with E-state index in [1.165, 1.54) is 0 Å². The van der Waals surface area contributed by atoms with E-state index in [1.54, 1.807) is 0 Å². The molecular weight excluding hydrogens is 498 g/mol. The smallest absolute Gasteiger partial charge is 0.368 e. The van der Waals surface area contributed by atoms with Crippen LogP contribution in [0.1, 0.15) is 38.5 Å². The van der Waals surface area contributed by atoms with Gasteiger partial charge in [-0.2, -0.15) is 0 Å². The van der Waals surface area contributed by atoms with Crippen LogP contribution in [0.2, 0.25) is 0 Å². The van der Waals surface area contributed by atoms with Gasteiger partial charge in [0.1, 0.15) is 0 Å². The normalized spacial score (nSPS) is 14.6. The van der Waals surface area contributed by atoms with Crippen molar-refractivity contribution in [2.75, 3.05) is 6.54 Å². The van der Waals surface area contributed by atoms with Crippen LogP contribution in [0.15, 0.2) is 0 Å². The highest BCUT2D eigenvalue weighted by atomic mass is 31.2. The highest BCUT2D eigenvalue weighted by molar-refractivity contribution is 7.72. The van der Waals surface area contributed by atoms with E-state index in [-0.39, 0.29) is 25.7 Å². The largest absolute Gasteiger partial charge is 0.369 e. The number of hydrogen-bond acceptors (Lipinski definition) is 7. The van der Waals surface area contributed by atoms with Gasteiger partial charge in [-0.05, 0) is 19.3 Å². The minimum absolute atomic E-state index is 0.00544. The number of carbonyl (C=O) groups is 1. The first-order valence-electron chi connectivity index (χ1n) is 8.04. The van der Waals surface area contributed by atoms with Gasteiger partial charge in [0.15, 0.2) is 0 Å². The van der Waals surface area contributed by atoms with Crippen molar-refractivity contribution < 1.29 is 72.4 Å². The minimum Gasteiger partial charge on any atom is -0.368 e. The van der Waals surface area contributed by atoms with Crippen molar-refractivity contribution in [3.8, 4) is 0 Å². The summed E-state index contributed by atoms with van der Waals surface area (Å²) in [5, 5.41) is 14.1. The second-order valence-corrected chi connectivity index (χ2v) is 14.4. The Morgan fingerprint density at radius 2 is 1.00 bits per heavy atom. The number of unbranched alkanes of at least 4 members (excludes halogenated alkanes) is 2. The second-order valence-electron chi connectivity index (χ2n) is 6.39. The van der Waals surface area contributed by atoms with E-state index in [2.05, 4.69) is 5.32 Å². The van der Waals surface area contributed by atoms with Crippen LogP contribution >= 0.6 is 30.4 Å². The molecule has 0 spiro atoms. The lowest BCUT2D eigenvalue weighted by Crippen LogP contribution is -2.35. The Bertz CT molecular complexity index is 745. The fourth-order valence-electron chi connectivity index (χ4n) is 2.20. The Balaban J connectivity index is 4.57. The predicted octanol–water partition coefficient (Wildman–Crippen LogP) is -1.55. The maximum atomic E-state index is 11.6. The third-order valence-electron chi connectivity index (χ3n) is 4.06. The Hall–Kier alpha value is -0.0100. The fourth-order valence-corrected chi connectivity index (χ4v) is 6.62. The van der Waals surface area contributed by atoms with Crippen LogP contribution in [0.5, 0.6) is 0 Å². The maximum absolute atomic E-state index is 11.6. The summed E-state index contributed by atoms with van der Waals surface area (Å²) in [4.78, 5) is 83.3. The first-order chi connectivity index (χ1) is 13.1. The number of rotatable bonds is 13. The average Bonchev–Trinajstić information content (AvgIpc) is 2.49. The number of amides is 1. The summed E-state index contributed by atoms with van der Waals surface area (Å²) in [5.41, 5.74) is 0. The van der Waals surface area contributed by atoms with Crippen molar-refractivity contribution in [2.45, 2.75) is 48.7 Å². The van der Waals surface area contributed by atoms with Crippen LogP contribution in [0.4, 0.5) is 0 Å². The van der Waals surface area contributed by atoms with Crippen LogP contribution in [-0.2, 0) is 23.1 Å². The molecule has 0 aliphatic carbocycles. The first kappa shape index (κ1) is 30.0. The van der Waals surface area contributed by atoms with E-state index >= 15 is 0 Å². The molecule has 20 heteroatoms. The van der Waals surface area contributed by atoms with Gasteiger partial charge in [-0.3, -0.25) is 23.1 Å². The topological polar surface area (TPSA) is 300 Å². The van der Waals surface area contributed by atoms with Gasteiger partial charge in [-0.25, -0.2) is 0 Å². The molecule has 0 bridgehead atoms. The summed E-state index contributed by atoms with van der Waals surface area (Å²) in [7, 11) is -22.5. The molecule has 0 aromatic rings. The molecule has 11 N–H and O–H groups in total. The van der Waals surface area contributed by atoms with Gasteiger partial charge in [0.2, 0.25) is 5.91 Å². The zero-order chi connectivity index (χ0) is 24.2. The van der Waals surface area contributed by atoms with Crippen molar-refractivity contribution in [1.82, 2.24) is 5.32 Å². The maximum Gasteiger partial charge on any atom is 0.369 e. The molecule has 30 heavy (non-hydrogen) atoms. The van der Waals surface area contributed by atoms with Crippen LogP contribution in [0.3, 0.4) is 0 Å². The van der Waals surface area contributed by atoms with Crippen molar-refractivity contribution in [3.63, 3.8) is 0 Å². The predicted molar refractivity (Wildman–Crippen MR) is 98.8 cm³/mol. The van der Waals surface area contributed by atoms with Gasteiger partial charge in [-0.15, -0.1) is 0 Å². The van der Waals surface area contributed by atoms with Gasteiger partial charge in [0, 0.05) is 19.4 Å². The summed E-state index contributed by atoms with van der Waals surface area (Å²) >= 11 is 0. The van der Waals surface area contributed by atoms with E-state index in [4.69, 9.17) is 39.1 Å².